The van der Waals surface area contributed by atoms with E-state index < -0.39 is 97.5 Å². The summed E-state index contributed by atoms with van der Waals surface area (Å²) in [5.74, 6) is -1.37. The molecule has 0 fully saturated rings. The van der Waals surface area contributed by atoms with Crippen LogP contribution in [0.2, 0.25) is 0 Å². The van der Waals surface area contributed by atoms with Gasteiger partial charge in [-0.15, -0.1) is 0 Å². The monoisotopic (exact) mass is 1490 g/mol. The fourth-order valence-electron chi connectivity index (χ4n) is 12.4. The molecule has 3 N–H and O–H groups in total. The minimum absolute atomic E-state index is 0.102. The van der Waals surface area contributed by atoms with Gasteiger partial charge in [-0.3, -0.25) is 37.3 Å². The maximum atomic E-state index is 13.1. The summed E-state index contributed by atoms with van der Waals surface area (Å²) in [4.78, 5) is 73.0. The first-order valence-electron chi connectivity index (χ1n) is 42.5. The zero-order valence-corrected chi connectivity index (χ0v) is 68.0. The minimum Gasteiger partial charge on any atom is -0.462 e. The van der Waals surface area contributed by atoms with Crippen LogP contribution in [-0.4, -0.2) is 96.7 Å². The van der Waals surface area contributed by atoms with E-state index in [1.165, 1.54) is 225 Å². The molecule has 2 unspecified atom stereocenters. The fourth-order valence-corrected chi connectivity index (χ4v) is 14.0. The summed E-state index contributed by atoms with van der Waals surface area (Å²) in [5, 5.41) is 10.6. The van der Waals surface area contributed by atoms with Crippen LogP contribution < -0.4 is 0 Å². The number of phosphoric ester groups is 2. The number of esters is 4. The molecule has 0 aromatic heterocycles. The lowest BCUT2D eigenvalue weighted by atomic mass is 10.0. The average molecular weight is 1490 g/mol. The van der Waals surface area contributed by atoms with Crippen LogP contribution in [0.3, 0.4) is 0 Å². The SMILES string of the molecule is CCCCCC/C=C\C=C/CCCCCCCC(=O)OC[C@H](COP(=O)(O)OC[C@@H](O)COP(=O)(O)OC[C@@H](COC(=O)CCCCCCCCCCCCC)OC(=O)CCCCCCCCCCCCCC(C)C)OC(=O)CCCCCCCCCCCCCCCCCCCCCCCC. The summed E-state index contributed by atoms with van der Waals surface area (Å²) >= 11 is 0. The number of carbonyl (C=O) groups is 4. The lowest BCUT2D eigenvalue weighted by Crippen LogP contribution is -2.30. The van der Waals surface area contributed by atoms with E-state index in [0.717, 1.165) is 115 Å². The number of rotatable bonds is 81. The van der Waals surface area contributed by atoms with Gasteiger partial charge < -0.3 is 33.8 Å². The third-order valence-electron chi connectivity index (χ3n) is 18.9. The number of hydrogen-bond acceptors (Lipinski definition) is 15. The van der Waals surface area contributed by atoms with Gasteiger partial charge in [-0.25, -0.2) is 9.13 Å². The van der Waals surface area contributed by atoms with Crippen LogP contribution in [0, 0.1) is 5.92 Å². The van der Waals surface area contributed by atoms with Crippen molar-refractivity contribution in [2.24, 2.45) is 5.92 Å². The predicted octanol–water partition coefficient (Wildman–Crippen LogP) is 24.8. The van der Waals surface area contributed by atoms with Crippen LogP contribution in [0.4, 0.5) is 0 Å². The Balaban J connectivity index is 5.25. The highest BCUT2D eigenvalue weighted by atomic mass is 31.2. The van der Waals surface area contributed by atoms with E-state index in [9.17, 15) is 43.2 Å². The largest absolute Gasteiger partial charge is 0.472 e. The van der Waals surface area contributed by atoms with Crippen LogP contribution in [0.25, 0.3) is 0 Å². The number of allylic oxidation sites excluding steroid dienone is 4. The summed E-state index contributed by atoms with van der Waals surface area (Å²) in [6.45, 7) is 7.27. The number of hydrogen-bond donors (Lipinski definition) is 3. The van der Waals surface area contributed by atoms with Crippen LogP contribution in [-0.2, 0) is 65.4 Å². The van der Waals surface area contributed by atoms with E-state index in [4.69, 9.17) is 37.0 Å². The lowest BCUT2D eigenvalue weighted by Gasteiger charge is -2.21. The standard InChI is InChI=1S/C83H158O17P2/c1-6-9-12-15-18-21-24-26-28-29-30-31-32-33-34-36-38-43-48-53-58-63-68-82(87)99-79(73-94-81(86)67-62-57-52-47-42-37-35-27-25-22-19-16-13-10-7-2)75-98-102(91,92)96-71-77(84)70-95-101(89,90)97-74-78(72-93-80(85)66-61-56-51-46-40-23-20-17-14-11-8-3)100-83(88)69-64-59-54-49-44-39-41-45-50-55-60-65-76(4)5/h22,25,27,35,76-79,84H,6-21,23-24,26,28-34,36-75H2,1-5H3,(H,89,90)(H,91,92)/b25-22-,35-27-/t77-,78+,79+/m0/s1. The van der Waals surface area contributed by atoms with Crippen molar-refractivity contribution in [3.63, 3.8) is 0 Å². The number of phosphoric acid groups is 2. The van der Waals surface area contributed by atoms with Crippen molar-refractivity contribution >= 4 is 39.5 Å². The van der Waals surface area contributed by atoms with Crippen LogP contribution in [0.1, 0.15) is 420 Å². The molecule has 0 saturated carbocycles. The first-order chi connectivity index (χ1) is 49.5. The molecule has 5 atom stereocenters. The zero-order valence-electron chi connectivity index (χ0n) is 66.2. The number of aliphatic hydroxyl groups is 1. The normalized spacial score (nSPS) is 14.0. The molecule has 0 amide bonds. The van der Waals surface area contributed by atoms with Crippen molar-refractivity contribution < 1.29 is 80.2 Å². The van der Waals surface area contributed by atoms with Crippen molar-refractivity contribution in [2.45, 2.75) is 438 Å². The Hall–Kier alpha value is -2.46. The molecule has 0 bridgehead atoms. The minimum atomic E-state index is -4.97. The predicted molar refractivity (Wildman–Crippen MR) is 418 cm³/mol. The fraction of sp³-hybridized carbons (Fsp3) is 0.904. The number of aliphatic hydroxyl groups excluding tert-OH is 1. The second-order valence-electron chi connectivity index (χ2n) is 29.7. The first kappa shape index (κ1) is 99.5. The third kappa shape index (κ3) is 75.8. The van der Waals surface area contributed by atoms with Crippen LogP contribution >= 0.6 is 15.6 Å². The summed E-state index contributed by atoms with van der Waals surface area (Å²) in [7, 11) is -9.93. The van der Waals surface area contributed by atoms with Gasteiger partial charge in [0, 0.05) is 25.7 Å². The van der Waals surface area contributed by atoms with E-state index in [1.54, 1.807) is 0 Å². The Morgan fingerprint density at radius 2 is 0.529 bits per heavy atom. The molecule has 0 aromatic rings. The Morgan fingerprint density at radius 1 is 0.304 bits per heavy atom. The quantitative estimate of drug-likeness (QED) is 0.0169. The summed E-state index contributed by atoms with van der Waals surface area (Å²) in [6.07, 6.45) is 70.2. The second kappa shape index (κ2) is 75.4. The molecule has 602 valence electrons. The number of unbranched alkanes of at least 4 members (excludes halogenated alkanes) is 50. The molecular weight excluding hydrogens is 1330 g/mol. The second-order valence-corrected chi connectivity index (χ2v) is 32.6. The maximum Gasteiger partial charge on any atom is 0.472 e. The van der Waals surface area contributed by atoms with Crippen LogP contribution in [0.5, 0.6) is 0 Å². The molecule has 102 heavy (non-hydrogen) atoms. The smallest absolute Gasteiger partial charge is 0.462 e. The molecule has 0 aliphatic heterocycles. The highest BCUT2D eigenvalue weighted by Gasteiger charge is 2.30. The zero-order chi connectivity index (χ0) is 74.8. The van der Waals surface area contributed by atoms with E-state index in [2.05, 4.69) is 58.9 Å². The molecule has 0 radical (unpaired) electrons. The van der Waals surface area contributed by atoms with Gasteiger partial charge in [0.25, 0.3) is 0 Å². The summed E-state index contributed by atoms with van der Waals surface area (Å²) in [5.41, 5.74) is 0. The molecular formula is C83H158O17P2. The van der Waals surface area contributed by atoms with E-state index in [0.29, 0.717) is 25.7 Å². The van der Waals surface area contributed by atoms with E-state index in [-0.39, 0.29) is 25.7 Å². The van der Waals surface area contributed by atoms with Gasteiger partial charge >= 0.3 is 39.5 Å². The number of carbonyl (C=O) groups excluding carboxylic acids is 4. The van der Waals surface area contributed by atoms with Crippen molar-refractivity contribution in [3.05, 3.63) is 24.3 Å². The lowest BCUT2D eigenvalue weighted by molar-refractivity contribution is -0.161. The first-order valence-corrected chi connectivity index (χ1v) is 45.4. The Bertz CT molecular complexity index is 2040. The molecule has 0 aliphatic carbocycles. The van der Waals surface area contributed by atoms with Crippen molar-refractivity contribution in [1.29, 1.82) is 0 Å². The third-order valence-corrected chi connectivity index (χ3v) is 20.8. The molecule has 0 aliphatic rings. The van der Waals surface area contributed by atoms with E-state index >= 15 is 0 Å². The molecule has 0 saturated heterocycles. The molecule has 0 spiro atoms. The van der Waals surface area contributed by atoms with Crippen molar-refractivity contribution in [2.75, 3.05) is 39.6 Å². The highest BCUT2D eigenvalue weighted by Crippen LogP contribution is 2.45. The van der Waals surface area contributed by atoms with Gasteiger partial charge in [0.2, 0.25) is 0 Å². The number of ether oxygens (including phenoxy) is 4. The van der Waals surface area contributed by atoms with Gasteiger partial charge in [-0.2, -0.15) is 0 Å². The molecule has 0 heterocycles. The topological polar surface area (TPSA) is 237 Å². The Morgan fingerprint density at radius 3 is 0.804 bits per heavy atom. The van der Waals surface area contributed by atoms with Gasteiger partial charge in [0.15, 0.2) is 12.2 Å². The summed E-state index contributed by atoms with van der Waals surface area (Å²) < 4.78 is 68.7. The molecule has 17 nitrogen and oxygen atoms in total. The Kier molecular flexibility index (Phi) is 73.5. The van der Waals surface area contributed by atoms with Gasteiger partial charge in [-0.05, 0) is 57.3 Å². The molecule has 19 heteroatoms. The van der Waals surface area contributed by atoms with E-state index in [1.807, 2.05) is 0 Å². The maximum absolute atomic E-state index is 13.1. The van der Waals surface area contributed by atoms with Crippen LogP contribution in [0.15, 0.2) is 24.3 Å². The van der Waals surface area contributed by atoms with Crippen molar-refractivity contribution in [1.82, 2.24) is 0 Å². The van der Waals surface area contributed by atoms with Gasteiger partial charge in [0.05, 0.1) is 26.4 Å². The highest BCUT2D eigenvalue weighted by molar-refractivity contribution is 7.47. The molecule has 0 aromatic carbocycles. The van der Waals surface area contributed by atoms with Crippen molar-refractivity contribution in [3.8, 4) is 0 Å². The summed E-state index contributed by atoms with van der Waals surface area (Å²) in [6, 6.07) is 0. The molecule has 0 rings (SSSR count). The Labute approximate surface area is 624 Å². The van der Waals surface area contributed by atoms with Gasteiger partial charge in [-0.1, -0.05) is 367 Å². The van der Waals surface area contributed by atoms with Gasteiger partial charge in [0.1, 0.15) is 19.3 Å². The average Bonchev–Trinajstić information content (AvgIpc) is 0.907.